The minimum absolute atomic E-state index is 0.203. The third-order valence-corrected chi connectivity index (χ3v) is 6.59. The summed E-state index contributed by atoms with van der Waals surface area (Å²) < 4.78 is 3.04. The van der Waals surface area contributed by atoms with Crippen LogP contribution >= 0.6 is 27.7 Å². The molecule has 0 radical (unpaired) electrons. The topological polar surface area (TPSA) is 55.6 Å². The highest BCUT2D eigenvalue weighted by Crippen LogP contribution is 2.47. The predicted octanol–water partition coefficient (Wildman–Crippen LogP) is 4.58. The summed E-state index contributed by atoms with van der Waals surface area (Å²) in [7, 11) is 1.99. The molecule has 26 heavy (non-hydrogen) atoms. The van der Waals surface area contributed by atoms with Crippen LogP contribution in [0.15, 0.2) is 41.3 Å². The molecule has 0 bridgehead atoms. The van der Waals surface area contributed by atoms with E-state index in [-0.39, 0.29) is 5.25 Å². The number of aromatic nitrogens is 4. The largest absolute Gasteiger partial charge is 0.367 e. The number of benzene rings is 1. The number of thioether (sulfide) groups is 1. The summed E-state index contributed by atoms with van der Waals surface area (Å²) in [5, 5.41) is 8.64. The molecule has 1 aromatic carbocycles. The average Bonchev–Trinajstić information content (AvgIpc) is 2.83. The molecule has 0 fully saturated rings. The van der Waals surface area contributed by atoms with Gasteiger partial charge in [-0.25, -0.2) is 9.97 Å². The quantitative estimate of drug-likeness (QED) is 0.645. The molecular weight excluding hydrogens is 410 g/mol. The second kappa shape index (κ2) is 7.04. The van der Waals surface area contributed by atoms with Gasteiger partial charge in [0.1, 0.15) is 17.8 Å². The molecule has 7 heteroatoms. The highest BCUT2D eigenvalue weighted by molar-refractivity contribution is 9.10. The number of nitrogens with zero attached hydrogens (tertiary/aromatic N) is 4. The third kappa shape index (κ3) is 3.14. The van der Waals surface area contributed by atoms with E-state index in [1.165, 1.54) is 16.7 Å². The van der Waals surface area contributed by atoms with Crippen molar-refractivity contribution in [1.29, 1.82) is 0 Å². The van der Waals surface area contributed by atoms with Crippen molar-refractivity contribution in [3.8, 4) is 11.4 Å². The van der Waals surface area contributed by atoms with Crippen LogP contribution in [0.1, 0.15) is 28.9 Å². The fourth-order valence-corrected chi connectivity index (χ4v) is 5.23. The van der Waals surface area contributed by atoms with Gasteiger partial charge >= 0.3 is 0 Å². The van der Waals surface area contributed by atoms with E-state index in [4.69, 9.17) is 5.10 Å². The van der Waals surface area contributed by atoms with Gasteiger partial charge in [0.05, 0.1) is 10.9 Å². The maximum Gasteiger partial charge on any atom is 0.129 e. The van der Waals surface area contributed by atoms with Gasteiger partial charge in [0.15, 0.2) is 0 Å². The molecule has 4 rings (SSSR count). The molecule has 0 saturated heterocycles. The summed E-state index contributed by atoms with van der Waals surface area (Å²) in [6, 6.07) is 8.80. The summed E-state index contributed by atoms with van der Waals surface area (Å²) >= 11 is 5.54. The Morgan fingerprint density at radius 3 is 2.88 bits per heavy atom. The zero-order chi connectivity index (χ0) is 18.3. The second-order valence-corrected chi connectivity index (χ2v) is 8.64. The van der Waals surface area contributed by atoms with E-state index in [0.717, 1.165) is 27.4 Å². The van der Waals surface area contributed by atoms with Gasteiger partial charge in [-0.05, 0) is 43.2 Å². The first kappa shape index (κ1) is 17.5. The Bertz CT molecular complexity index is 941. The fraction of sp³-hybridized carbons (Fsp3) is 0.316. The maximum absolute atomic E-state index is 4.80. The predicted molar refractivity (Wildman–Crippen MR) is 110 cm³/mol. The van der Waals surface area contributed by atoms with Crippen LogP contribution < -0.4 is 5.32 Å². The molecule has 1 aliphatic heterocycles. The van der Waals surface area contributed by atoms with Gasteiger partial charge < -0.3 is 5.32 Å². The Morgan fingerprint density at radius 2 is 2.15 bits per heavy atom. The normalized spacial score (nSPS) is 19.5. The molecule has 0 amide bonds. The van der Waals surface area contributed by atoms with Crippen molar-refractivity contribution < 1.29 is 0 Å². The summed E-state index contributed by atoms with van der Waals surface area (Å²) in [6.07, 6.45) is 3.35. The molecule has 5 nitrogen and oxygen atoms in total. The lowest BCUT2D eigenvalue weighted by molar-refractivity contribution is 0.757. The van der Waals surface area contributed by atoms with Gasteiger partial charge in [0.25, 0.3) is 0 Å². The van der Waals surface area contributed by atoms with Gasteiger partial charge in [-0.2, -0.15) is 5.10 Å². The van der Waals surface area contributed by atoms with Crippen LogP contribution in [-0.4, -0.2) is 31.5 Å². The Balaban J connectivity index is 1.94. The zero-order valence-electron chi connectivity index (χ0n) is 14.9. The van der Waals surface area contributed by atoms with Crippen LogP contribution in [0.4, 0.5) is 5.82 Å². The molecule has 1 N–H and O–H groups in total. The number of halogens is 1. The van der Waals surface area contributed by atoms with Crippen molar-refractivity contribution in [3.63, 3.8) is 0 Å². The summed E-state index contributed by atoms with van der Waals surface area (Å²) in [4.78, 5) is 8.50. The van der Waals surface area contributed by atoms with Gasteiger partial charge in [0, 0.05) is 35.1 Å². The summed E-state index contributed by atoms with van der Waals surface area (Å²) in [6.45, 7) is 4.38. The maximum atomic E-state index is 4.80. The van der Waals surface area contributed by atoms with E-state index in [1.54, 1.807) is 12.5 Å². The number of hydrogen-bond acceptors (Lipinski definition) is 5. The van der Waals surface area contributed by atoms with E-state index in [9.17, 15) is 0 Å². The van der Waals surface area contributed by atoms with E-state index in [1.807, 2.05) is 29.6 Å². The minimum atomic E-state index is 0.203. The molecular formula is C19H20BrN5S. The van der Waals surface area contributed by atoms with Crippen LogP contribution in [0.2, 0.25) is 0 Å². The smallest absolute Gasteiger partial charge is 0.129 e. The van der Waals surface area contributed by atoms with Gasteiger partial charge in [0.2, 0.25) is 0 Å². The number of nitrogens with one attached hydrogen (secondary N) is 1. The monoisotopic (exact) mass is 429 g/mol. The van der Waals surface area contributed by atoms with Gasteiger partial charge in [-0.3, -0.25) is 4.68 Å². The van der Waals surface area contributed by atoms with Crippen molar-refractivity contribution in [2.24, 2.45) is 7.05 Å². The lowest BCUT2D eigenvalue weighted by atomic mass is 9.98. The number of anilines is 1. The second-order valence-electron chi connectivity index (χ2n) is 6.59. The Morgan fingerprint density at radius 1 is 1.31 bits per heavy atom. The number of rotatable bonds is 2. The van der Waals surface area contributed by atoms with Gasteiger partial charge in [-0.1, -0.05) is 22.0 Å². The molecule has 2 aromatic heterocycles. The highest BCUT2D eigenvalue weighted by atomic mass is 79.9. The lowest BCUT2D eigenvalue weighted by Crippen LogP contribution is -2.18. The standard InChI is InChI=1S/C19H20BrN5S/c1-11-8-13(20)4-5-14(11)18-16-17(15-6-7-21-10-22-15)24-25(3)19(16)23-12(2)9-26-18/h4-8,10,12,18,23H,9H2,1-3H3. The van der Waals surface area contributed by atoms with E-state index in [2.05, 4.69) is 63.3 Å². The van der Waals surface area contributed by atoms with E-state index < -0.39 is 0 Å². The Labute approximate surface area is 165 Å². The average molecular weight is 430 g/mol. The zero-order valence-corrected chi connectivity index (χ0v) is 17.3. The molecule has 3 heterocycles. The highest BCUT2D eigenvalue weighted by Gasteiger charge is 2.31. The molecule has 0 saturated carbocycles. The van der Waals surface area contributed by atoms with Crippen molar-refractivity contribution in [1.82, 2.24) is 19.7 Å². The molecule has 3 aromatic rings. The van der Waals surface area contributed by atoms with E-state index in [0.29, 0.717) is 6.04 Å². The van der Waals surface area contributed by atoms with Crippen molar-refractivity contribution in [3.05, 3.63) is 58.0 Å². The Kier molecular flexibility index (Phi) is 4.75. The number of aryl methyl sites for hydroxylation is 2. The van der Waals surface area contributed by atoms with Crippen LogP contribution in [0, 0.1) is 6.92 Å². The minimum Gasteiger partial charge on any atom is -0.367 e. The summed E-state index contributed by atoms with van der Waals surface area (Å²) in [5.41, 5.74) is 5.57. The number of hydrogen-bond donors (Lipinski definition) is 1. The van der Waals surface area contributed by atoms with Crippen LogP contribution in [0.25, 0.3) is 11.4 Å². The Hall–Kier alpha value is -1.86. The van der Waals surface area contributed by atoms with E-state index >= 15 is 0 Å². The van der Waals surface area contributed by atoms with Crippen LogP contribution in [0.3, 0.4) is 0 Å². The van der Waals surface area contributed by atoms with Crippen LogP contribution in [-0.2, 0) is 7.05 Å². The first-order valence-corrected chi connectivity index (χ1v) is 10.4. The third-order valence-electron chi connectivity index (χ3n) is 4.58. The molecule has 134 valence electrons. The molecule has 2 unspecified atom stereocenters. The van der Waals surface area contributed by atoms with Gasteiger partial charge in [-0.15, -0.1) is 11.8 Å². The molecule has 1 aliphatic rings. The van der Waals surface area contributed by atoms with Crippen molar-refractivity contribution in [2.45, 2.75) is 25.1 Å². The van der Waals surface area contributed by atoms with Crippen molar-refractivity contribution in [2.75, 3.05) is 11.1 Å². The molecule has 0 spiro atoms. The first-order valence-electron chi connectivity index (χ1n) is 8.52. The van der Waals surface area contributed by atoms with Crippen LogP contribution in [0.5, 0.6) is 0 Å². The number of fused-ring (bicyclic) bond motifs is 1. The lowest BCUT2D eigenvalue weighted by Gasteiger charge is -2.18. The van der Waals surface area contributed by atoms with Crippen molar-refractivity contribution >= 4 is 33.5 Å². The molecule has 0 aliphatic carbocycles. The first-order chi connectivity index (χ1) is 12.5. The molecule has 2 atom stereocenters. The SMILES string of the molecule is Cc1cc(Br)ccc1C1SCC(C)Nc2c1c(-c1ccncn1)nn2C. The fourth-order valence-electron chi connectivity index (χ4n) is 3.36. The summed E-state index contributed by atoms with van der Waals surface area (Å²) in [5.74, 6) is 2.10.